The van der Waals surface area contributed by atoms with Crippen LogP contribution in [0.4, 0.5) is 0 Å². The van der Waals surface area contributed by atoms with Crippen LogP contribution in [0.3, 0.4) is 0 Å². The number of aliphatic hydroxyl groups excluding tert-OH is 2. The number of aliphatic hydroxyl groups is 2. The lowest BCUT2D eigenvalue weighted by molar-refractivity contribution is -0.161. The van der Waals surface area contributed by atoms with Crippen molar-refractivity contribution in [1.82, 2.24) is 0 Å². The maximum atomic E-state index is 13.0. The molecule has 0 aliphatic heterocycles. The normalized spacial score (nSPS) is 14.6. The zero-order chi connectivity index (χ0) is 78.0. The van der Waals surface area contributed by atoms with E-state index in [0.29, 0.717) is 19.3 Å². The van der Waals surface area contributed by atoms with Crippen molar-refractivity contribution in [1.29, 1.82) is 0 Å². The molecule has 0 aromatic heterocycles. The van der Waals surface area contributed by atoms with Crippen LogP contribution in [-0.4, -0.2) is 95.9 Å². The number of phosphoric acid groups is 2. The summed E-state index contributed by atoms with van der Waals surface area (Å²) in [6.45, 7) is 2.43. The fraction of sp³-hybridized carbons (Fsp3) is 0.719. The molecule has 0 heterocycles. The highest BCUT2D eigenvalue weighted by molar-refractivity contribution is 7.47. The Kier molecular flexibility index (Phi) is 77.9. The van der Waals surface area contributed by atoms with E-state index in [4.69, 9.17) is 32.3 Å². The van der Waals surface area contributed by atoms with E-state index >= 15 is 0 Å². The van der Waals surface area contributed by atoms with E-state index < -0.39 is 91.5 Å². The number of unbranched alkanes of at least 4 members (excludes halogenated alkanes) is 35. The first-order valence-corrected chi connectivity index (χ1v) is 45.5. The fourth-order valence-electron chi connectivity index (χ4n) is 11.4. The molecule has 0 aliphatic rings. The Labute approximate surface area is 652 Å². The molecule has 0 aromatic rings. The summed E-state index contributed by atoms with van der Waals surface area (Å²) in [6, 6.07) is 0. The zero-order valence-electron chi connectivity index (χ0n) is 67.5. The van der Waals surface area contributed by atoms with Crippen molar-refractivity contribution < 1.29 is 75.8 Å². The van der Waals surface area contributed by atoms with Crippen LogP contribution in [0.2, 0.25) is 0 Å². The van der Waals surface area contributed by atoms with Gasteiger partial charge in [0, 0.05) is 19.3 Å². The maximum Gasteiger partial charge on any atom is 0.472 e. The molecule has 0 saturated heterocycles. The number of esters is 3. The number of ether oxygens (including phenoxy) is 3. The lowest BCUT2D eigenvalue weighted by Crippen LogP contribution is -2.30. The van der Waals surface area contributed by atoms with Gasteiger partial charge in [-0.05, 0) is 135 Å². The lowest BCUT2D eigenvalue weighted by atomic mass is 10.0. The molecule has 5 atom stereocenters. The van der Waals surface area contributed by atoms with Crippen LogP contribution < -0.4 is 0 Å². The first-order chi connectivity index (χ1) is 52.2. The molecule has 0 radical (unpaired) electrons. The highest BCUT2D eigenvalue weighted by Crippen LogP contribution is 2.45. The molecule has 107 heavy (non-hydrogen) atoms. The van der Waals surface area contributed by atoms with Gasteiger partial charge in [0.15, 0.2) is 6.10 Å². The van der Waals surface area contributed by atoms with Crippen molar-refractivity contribution in [3.8, 4) is 0 Å². The number of rotatable bonds is 80. The summed E-state index contributed by atoms with van der Waals surface area (Å²) in [5.74, 6) is -1.60. The molecule has 0 fully saturated rings. The molecule has 4 N–H and O–H groups in total. The molecule has 16 nitrogen and oxygen atoms in total. The average Bonchev–Trinajstić information content (AvgIpc) is 0.923. The third-order valence-electron chi connectivity index (χ3n) is 17.8. The van der Waals surface area contributed by atoms with Gasteiger partial charge in [-0.1, -0.05) is 334 Å². The number of allylic oxidation sites excluding steroid dienone is 22. The maximum absolute atomic E-state index is 13.0. The van der Waals surface area contributed by atoms with Gasteiger partial charge in [0.2, 0.25) is 0 Å². The number of phosphoric ester groups is 2. The fourth-order valence-corrected chi connectivity index (χ4v) is 13.0. The minimum atomic E-state index is -4.94. The summed E-state index contributed by atoms with van der Waals surface area (Å²) < 4.78 is 61.2. The van der Waals surface area contributed by atoms with Crippen molar-refractivity contribution in [2.24, 2.45) is 0 Å². The van der Waals surface area contributed by atoms with Gasteiger partial charge in [0.25, 0.3) is 0 Å². The second-order valence-electron chi connectivity index (χ2n) is 28.2. The third-order valence-corrected chi connectivity index (χ3v) is 19.7. The van der Waals surface area contributed by atoms with Gasteiger partial charge in [-0.15, -0.1) is 0 Å². The topological polar surface area (TPSA) is 231 Å². The molecular formula is C89H154O16P2. The van der Waals surface area contributed by atoms with Crippen LogP contribution in [0.1, 0.15) is 355 Å². The summed E-state index contributed by atoms with van der Waals surface area (Å²) in [7, 11) is -9.80. The largest absolute Gasteiger partial charge is 0.472 e. The molecule has 0 aliphatic carbocycles. The quantitative estimate of drug-likeness (QED) is 0.0146. The summed E-state index contributed by atoms with van der Waals surface area (Å²) >= 11 is 0. The Hall–Kier alpha value is -4.31. The number of carbonyl (C=O) groups is 3. The van der Waals surface area contributed by atoms with Crippen LogP contribution >= 0.6 is 15.6 Å². The van der Waals surface area contributed by atoms with E-state index in [0.717, 1.165) is 167 Å². The highest BCUT2D eigenvalue weighted by Gasteiger charge is 2.29. The van der Waals surface area contributed by atoms with E-state index in [1.165, 1.54) is 128 Å². The number of carbonyl (C=O) groups excluding carboxylic acids is 3. The van der Waals surface area contributed by atoms with Gasteiger partial charge in [0.1, 0.15) is 25.4 Å². The summed E-state index contributed by atoms with van der Waals surface area (Å²) in [5, 5.41) is 20.7. The van der Waals surface area contributed by atoms with Gasteiger partial charge in [0.05, 0.1) is 26.4 Å². The number of hydrogen-bond acceptors (Lipinski definition) is 14. The van der Waals surface area contributed by atoms with Crippen molar-refractivity contribution in [2.75, 3.05) is 39.6 Å². The van der Waals surface area contributed by atoms with E-state index in [9.17, 15) is 43.5 Å². The second-order valence-corrected chi connectivity index (χ2v) is 31.1. The van der Waals surface area contributed by atoms with Crippen molar-refractivity contribution in [3.05, 3.63) is 134 Å². The van der Waals surface area contributed by atoms with Crippen LogP contribution in [0, 0.1) is 0 Å². The molecule has 0 rings (SSSR count). The van der Waals surface area contributed by atoms with Gasteiger partial charge in [-0.25, -0.2) is 9.13 Å². The Morgan fingerprint density at radius 1 is 0.271 bits per heavy atom. The van der Waals surface area contributed by atoms with Gasteiger partial charge < -0.3 is 34.2 Å². The van der Waals surface area contributed by atoms with Crippen LogP contribution in [0.25, 0.3) is 0 Å². The van der Waals surface area contributed by atoms with Crippen molar-refractivity contribution >= 4 is 33.6 Å². The molecule has 0 amide bonds. The monoisotopic (exact) mass is 1540 g/mol. The van der Waals surface area contributed by atoms with E-state index in [-0.39, 0.29) is 19.3 Å². The van der Waals surface area contributed by atoms with Crippen LogP contribution in [0.15, 0.2) is 134 Å². The standard InChI is InChI=1S/C89H154O16P2/c1-4-7-10-13-16-19-22-25-28-31-33-34-35-36-37-38-39-40-41-42-43-44-45-46-47-48-50-53-54-57-60-63-66-69-72-75-87(92)99-78-84(90)79-101-106(95,96)102-80-85(91)81-103-107(97,98)104-83-86(105-89(94)77-74-71-68-65-62-59-56-51-30-27-24-21-18-15-12-9-6-3)82-100-88(93)76-73-70-67-64-61-58-55-52-49-32-29-26-23-20-17-14-11-8-5-2/h8-9,11-12,16-21,25-30,33-34,36-37,49,52,84-86,90-91H,4-7,10,13-15,22-24,31-32,35,38-48,50-51,53-83H2,1-3H3,(H,95,96)(H,97,98)/b11-8-,12-9-,19-16-,20-17-,21-18-,28-25-,29-26-,30-27-,34-33-,37-36-,52-49-. The SMILES string of the molecule is CC/C=C\C/C=C\C/C=C\C/C=C\CCCCCCCCC(=O)OCC(COP(=O)(O)OCC(O)COP(=O)(O)OCC(O)COC(=O)CCCCCCCCCCCCCCCCCCCCC/C=C\C/C=C\C/C=C\C/C=C\CCCCC)OC(=O)CCCCCCCCC/C=C\C/C=C\C/C=C\CC. The lowest BCUT2D eigenvalue weighted by Gasteiger charge is -2.21. The minimum Gasteiger partial charge on any atom is -0.463 e. The summed E-state index contributed by atoms with van der Waals surface area (Å²) in [4.78, 5) is 58.7. The molecular weight excluding hydrogens is 1390 g/mol. The Bertz CT molecular complexity index is 2480. The minimum absolute atomic E-state index is 0.0875. The molecule has 0 spiro atoms. The van der Waals surface area contributed by atoms with Crippen LogP contribution in [-0.2, 0) is 55.8 Å². The Morgan fingerprint density at radius 2 is 0.495 bits per heavy atom. The third kappa shape index (κ3) is 82.5. The second kappa shape index (κ2) is 81.2. The van der Waals surface area contributed by atoms with Gasteiger partial charge in [-0.2, -0.15) is 0 Å². The average molecular weight is 1540 g/mol. The predicted octanol–water partition coefficient (Wildman–Crippen LogP) is 25.4. The van der Waals surface area contributed by atoms with Crippen LogP contribution in [0.5, 0.6) is 0 Å². The summed E-state index contributed by atoms with van der Waals surface area (Å²) in [6.07, 6.45) is 99.4. The molecule has 5 unspecified atom stereocenters. The molecule has 0 saturated carbocycles. The smallest absolute Gasteiger partial charge is 0.463 e. The zero-order valence-corrected chi connectivity index (χ0v) is 69.3. The predicted molar refractivity (Wildman–Crippen MR) is 445 cm³/mol. The molecule has 18 heteroatoms. The Balaban J connectivity index is 4.43. The molecule has 0 aromatic carbocycles. The molecule has 616 valence electrons. The van der Waals surface area contributed by atoms with Gasteiger partial charge >= 0.3 is 33.6 Å². The van der Waals surface area contributed by atoms with Crippen molar-refractivity contribution in [2.45, 2.75) is 373 Å². The highest BCUT2D eigenvalue weighted by atomic mass is 31.2. The Morgan fingerprint density at radius 3 is 0.785 bits per heavy atom. The van der Waals surface area contributed by atoms with E-state index in [2.05, 4.69) is 154 Å². The van der Waals surface area contributed by atoms with Gasteiger partial charge in [-0.3, -0.25) is 32.5 Å². The first kappa shape index (κ1) is 103. The summed E-state index contributed by atoms with van der Waals surface area (Å²) in [5.41, 5.74) is 0. The number of hydrogen-bond donors (Lipinski definition) is 4. The first-order valence-electron chi connectivity index (χ1n) is 42.5. The molecule has 0 bridgehead atoms. The van der Waals surface area contributed by atoms with Crippen molar-refractivity contribution in [3.63, 3.8) is 0 Å². The van der Waals surface area contributed by atoms with E-state index in [1.54, 1.807) is 0 Å². The van der Waals surface area contributed by atoms with E-state index in [1.807, 2.05) is 0 Å².